The van der Waals surface area contributed by atoms with Crippen molar-refractivity contribution in [1.82, 2.24) is 20.3 Å². The number of aliphatic carboxylic acids is 1. The number of nitrogens with two attached hydrogens (primary N) is 1. The van der Waals surface area contributed by atoms with Crippen molar-refractivity contribution >= 4 is 11.9 Å². The summed E-state index contributed by atoms with van der Waals surface area (Å²) < 4.78 is 6.20. The highest BCUT2D eigenvalue weighted by atomic mass is 16.5. The zero-order valence-corrected chi connectivity index (χ0v) is 10.6. The van der Waals surface area contributed by atoms with Gasteiger partial charge in [0.2, 0.25) is 0 Å². The molecule has 0 radical (unpaired) electrons. The summed E-state index contributed by atoms with van der Waals surface area (Å²) in [6.07, 6.45) is 1.59. The summed E-state index contributed by atoms with van der Waals surface area (Å²) in [7, 11) is 1.46. The SMILES string of the molecule is COCCC(NC(=O)c1cn(CCN)nn1)C(=O)O. The lowest BCUT2D eigenvalue weighted by molar-refractivity contribution is -0.139. The molecule has 0 aliphatic rings. The van der Waals surface area contributed by atoms with E-state index in [9.17, 15) is 9.59 Å². The van der Waals surface area contributed by atoms with Crippen LogP contribution in [0, 0.1) is 0 Å². The second-order valence-corrected chi connectivity index (χ2v) is 3.80. The van der Waals surface area contributed by atoms with Crippen LogP contribution in [0.1, 0.15) is 16.9 Å². The Balaban J connectivity index is 2.62. The van der Waals surface area contributed by atoms with Crippen LogP contribution < -0.4 is 11.1 Å². The molecular formula is C10H17N5O4. The van der Waals surface area contributed by atoms with Gasteiger partial charge in [-0.05, 0) is 0 Å². The summed E-state index contributed by atoms with van der Waals surface area (Å²) >= 11 is 0. The lowest BCUT2D eigenvalue weighted by Gasteiger charge is -2.12. The van der Waals surface area contributed by atoms with E-state index in [4.69, 9.17) is 15.6 Å². The van der Waals surface area contributed by atoms with Crippen molar-refractivity contribution in [3.8, 4) is 0 Å². The molecule has 0 aromatic carbocycles. The van der Waals surface area contributed by atoms with Crippen LogP contribution in [0.4, 0.5) is 0 Å². The number of amides is 1. The quantitative estimate of drug-likeness (QED) is 0.521. The molecule has 1 aromatic heterocycles. The molecule has 0 saturated carbocycles. The maximum atomic E-state index is 11.8. The Morgan fingerprint density at radius 3 is 2.95 bits per heavy atom. The molecule has 0 aliphatic heterocycles. The molecule has 1 aromatic rings. The number of methoxy groups -OCH3 is 1. The molecule has 0 bridgehead atoms. The number of carboxylic acid groups (broad SMARTS) is 1. The van der Waals surface area contributed by atoms with Gasteiger partial charge in [0.15, 0.2) is 5.69 Å². The van der Waals surface area contributed by atoms with Crippen molar-refractivity contribution in [2.24, 2.45) is 5.73 Å². The van der Waals surface area contributed by atoms with Gasteiger partial charge in [0, 0.05) is 26.7 Å². The van der Waals surface area contributed by atoms with Crippen molar-refractivity contribution in [2.45, 2.75) is 19.0 Å². The summed E-state index contributed by atoms with van der Waals surface area (Å²) in [6, 6.07) is -1.02. The average molecular weight is 271 g/mol. The van der Waals surface area contributed by atoms with Crippen molar-refractivity contribution in [1.29, 1.82) is 0 Å². The summed E-state index contributed by atoms with van der Waals surface area (Å²) in [5.41, 5.74) is 5.39. The molecule has 0 fully saturated rings. The van der Waals surface area contributed by atoms with Gasteiger partial charge in [-0.1, -0.05) is 5.21 Å². The van der Waals surface area contributed by atoms with Crippen LogP contribution >= 0.6 is 0 Å². The van der Waals surface area contributed by atoms with Crippen LogP contribution in [0.5, 0.6) is 0 Å². The Labute approximate surface area is 109 Å². The third kappa shape index (κ3) is 4.64. The van der Waals surface area contributed by atoms with Gasteiger partial charge < -0.3 is 20.9 Å². The Morgan fingerprint density at radius 1 is 1.63 bits per heavy atom. The first-order valence-electron chi connectivity index (χ1n) is 5.71. The summed E-state index contributed by atoms with van der Waals surface area (Å²) in [5, 5.41) is 18.7. The Bertz CT molecular complexity index is 433. The van der Waals surface area contributed by atoms with Crippen LogP contribution in [0.25, 0.3) is 0 Å². The highest BCUT2D eigenvalue weighted by Gasteiger charge is 2.21. The number of nitrogens with zero attached hydrogens (tertiary/aromatic N) is 3. The largest absolute Gasteiger partial charge is 0.480 e. The maximum Gasteiger partial charge on any atom is 0.326 e. The smallest absolute Gasteiger partial charge is 0.326 e. The van der Waals surface area contributed by atoms with Gasteiger partial charge in [0.05, 0.1) is 12.7 Å². The van der Waals surface area contributed by atoms with Gasteiger partial charge in [-0.2, -0.15) is 0 Å². The highest BCUT2D eigenvalue weighted by Crippen LogP contribution is 1.98. The molecule has 0 spiro atoms. The van der Waals surface area contributed by atoms with Crippen molar-refractivity contribution in [3.63, 3.8) is 0 Å². The Kier molecular flexibility index (Phi) is 5.90. The summed E-state index contributed by atoms with van der Waals surface area (Å²) in [6.45, 7) is 1.04. The standard InChI is InChI=1S/C10H17N5O4/c1-19-5-2-7(10(17)18)12-9(16)8-6-15(4-3-11)14-13-8/h6-7H,2-5,11H2,1H3,(H,12,16)(H,17,18). The fourth-order valence-electron chi connectivity index (χ4n) is 1.37. The summed E-state index contributed by atoms with van der Waals surface area (Å²) in [5.74, 6) is -1.72. The number of hydrogen-bond donors (Lipinski definition) is 3. The zero-order valence-electron chi connectivity index (χ0n) is 10.6. The van der Waals surface area contributed by atoms with E-state index in [0.29, 0.717) is 13.1 Å². The number of carboxylic acids is 1. The number of rotatable bonds is 8. The fourth-order valence-corrected chi connectivity index (χ4v) is 1.37. The minimum absolute atomic E-state index is 0.0529. The molecular weight excluding hydrogens is 254 g/mol. The molecule has 9 heteroatoms. The monoisotopic (exact) mass is 271 g/mol. The molecule has 1 unspecified atom stereocenters. The van der Waals surface area contributed by atoms with Crippen LogP contribution in [0.15, 0.2) is 6.20 Å². The fraction of sp³-hybridized carbons (Fsp3) is 0.600. The first-order valence-corrected chi connectivity index (χ1v) is 5.71. The minimum Gasteiger partial charge on any atom is -0.480 e. The molecule has 0 saturated heterocycles. The third-order valence-electron chi connectivity index (χ3n) is 2.34. The third-order valence-corrected chi connectivity index (χ3v) is 2.34. The topological polar surface area (TPSA) is 132 Å². The van der Waals surface area contributed by atoms with Crippen LogP contribution in [0.3, 0.4) is 0 Å². The van der Waals surface area contributed by atoms with Crippen molar-refractivity contribution < 1.29 is 19.4 Å². The van der Waals surface area contributed by atoms with E-state index in [-0.39, 0.29) is 18.7 Å². The molecule has 1 rings (SSSR count). The lowest BCUT2D eigenvalue weighted by Crippen LogP contribution is -2.41. The second kappa shape index (κ2) is 7.44. The van der Waals surface area contributed by atoms with Gasteiger partial charge in [-0.3, -0.25) is 9.48 Å². The van der Waals surface area contributed by atoms with Crippen LogP contribution in [0.2, 0.25) is 0 Å². The summed E-state index contributed by atoms with van der Waals surface area (Å²) in [4.78, 5) is 22.7. The van der Waals surface area contributed by atoms with E-state index in [0.717, 1.165) is 0 Å². The van der Waals surface area contributed by atoms with Crippen LogP contribution in [-0.2, 0) is 16.1 Å². The van der Waals surface area contributed by atoms with Crippen LogP contribution in [-0.4, -0.2) is 58.3 Å². The van der Waals surface area contributed by atoms with Gasteiger partial charge in [0.1, 0.15) is 6.04 Å². The van der Waals surface area contributed by atoms with Gasteiger partial charge in [-0.15, -0.1) is 5.10 Å². The number of carbonyl (C=O) groups is 2. The number of nitrogens with one attached hydrogen (secondary N) is 1. The van der Waals surface area contributed by atoms with Crippen molar-refractivity contribution in [2.75, 3.05) is 20.3 Å². The first kappa shape index (κ1) is 15.1. The normalized spacial score (nSPS) is 12.1. The predicted octanol–water partition coefficient (Wildman–Crippen LogP) is -1.54. The van der Waals surface area contributed by atoms with Gasteiger partial charge in [0.25, 0.3) is 5.91 Å². The van der Waals surface area contributed by atoms with Gasteiger partial charge in [-0.25, -0.2) is 4.79 Å². The lowest BCUT2D eigenvalue weighted by atomic mass is 10.2. The predicted molar refractivity (Wildman–Crippen MR) is 64.5 cm³/mol. The van der Waals surface area contributed by atoms with E-state index in [1.165, 1.54) is 18.0 Å². The highest BCUT2D eigenvalue weighted by molar-refractivity contribution is 5.94. The number of ether oxygens (including phenoxy) is 1. The number of aromatic nitrogens is 3. The second-order valence-electron chi connectivity index (χ2n) is 3.80. The molecule has 1 amide bonds. The van der Waals surface area contributed by atoms with E-state index >= 15 is 0 Å². The Hall–Kier alpha value is -2.00. The number of hydrogen-bond acceptors (Lipinski definition) is 6. The molecule has 19 heavy (non-hydrogen) atoms. The van der Waals surface area contributed by atoms with Crippen molar-refractivity contribution in [3.05, 3.63) is 11.9 Å². The van der Waals surface area contributed by atoms with E-state index in [2.05, 4.69) is 15.6 Å². The maximum absolute atomic E-state index is 11.8. The zero-order chi connectivity index (χ0) is 14.3. The number of carbonyl (C=O) groups excluding carboxylic acids is 1. The van der Waals surface area contributed by atoms with Gasteiger partial charge >= 0.3 is 5.97 Å². The van der Waals surface area contributed by atoms with E-state index < -0.39 is 17.9 Å². The minimum atomic E-state index is -1.13. The first-order chi connectivity index (χ1) is 9.08. The average Bonchev–Trinajstić information content (AvgIpc) is 2.83. The van der Waals surface area contributed by atoms with E-state index in [1.54, 1.807) is 0 Å². The van der Waals surface area contributed by atoms with E-state index in [1.807, 2.05) is 0 Å². The molecule has 106 valence electrons. The molecule has 1 atom stereocenters. The molecule has 0 aliphatic carbocycles. The molecule has 9 nitrogen and oxygen atoms in total. The molecule has 1 heterocycles. The Morgan fingerprint density at radius 2 is 2.37 bits per heavy atom. The molecule has 4 N–H and O–H groups in total.